The van der Waals surface area contributed by atoms with Gasteiger partial charge in [0.1, 0.15) is 0 Å². The Morgan fingerprint density at radius 2 is 2.29 bits per heavy atom. The zero-order chi connectivity index (χ0) is 14.7. The molecule has 6 nitrogen and oxygen atoms in total. The smallest absolute Gasteiger partial charge is 0.237 e. The number of aromatic nitrogens is 2. The lowest BCUT2D eigenvalue weighted by Gasteiger charge is -2.29. The number of hydrogen-bond donors (Lipinski definition) is 3. The summed E-state index contributed by atoms with van der Waals surface area (Å²) in [5.74, 6) is 0.871. The Morgan fingerprint density at radius 1 is 1.48 bits per heavy atom. The summed E-state index contributed by atoms with van der Waals surface area (Å²) in [7, 11) is 2.18. The average Bonchev–Trinajstić information content (AvgIpc) is 2.96. The van der Waals surface area contributed by atoms with Crippen LogP contribution in [0.4, 0.5) is 0 Å². The van der Waals surface area contributed by atoms with E-state index in [1.807, 2.05) is 0 Å². The molecule has 6 heteroatoms. The van der Waals surface area contributed by atoms with Crippen molar-refractivity contribution < 1.29 is 4.79 Å². The highest BCUT2D eigenvalue weighted by Gasteiger charge is 2.25. The van der Waals surface area contributed by atoms with E-state index in [9.17, 15) is 4.79 Å². The molecule has 3 heterocycles. The number of hydrogen-bond acceptors (Lipinski definition) is 4. The van der Waals surface area contributed by atoms with Gasteiger partial charge in [0.25, 0.3) is 0 Å². The molecule has 116 valence electrons. The van der Waals surface area contributed by atoms with Gasteiger partial charge >= 0.3 is 0 Å². The molecule has 3 N–H and O–H groups in total. The van der Waals surface area contributed by atoms with Crippen LogP contribution in [-0.4, -0.2) is 53.5 Å². The van der Waals surface area contributed by atoms with E-state index in [4.69, 9.17) is 0 Å². The number of fused-ring (bicyclic) bond motifs is 1. The molecule has 1 saturated heterocycles. The molecule has 1 aromatic rings. The van der Waals surface area contributed by atoms with E-state index < -0.39 is 0 Å². The third-order valence-corrected chi connectivity index (χ3v) is 4.74. The molecule has 2 aliphatic heterocycles. The summed E-state index contributed by atoms with van der Waals surface area (Å²) in [6.45, 7) is 3.86. The Hall–Kier alpha value is -1.40. The van der Waals surface area contributed by atoms with Gasteiger partial charge in [-0.1, -0.05) is 0 Å². The van der Waals surface area contributed by atoms with Crippen LogP contribution in [0.25, 0.3) is 0 Å². The van der Waals surface area contributed by atoms with Gasteiger partial charge in [-0.15, -0.1) is 0 Å². The number of carbonyl (C=O) groups excluding carboxylic acids is 1. The first-order valence-electron chi connectivity index (χ1n) is 7.93. The molecule has 1 aromatic heterocycles. The van der Waals surface area contributed by atoms with Crippen LogP contribution < -0.4 is 10.6 Å². The summed E-state index contributed by atoms with van der Waals surface area (Å²) in [6.07, 6.45) is 5.99. The second kappa shape index (κ2) is 6.58. The second-order valence-corrected chi connectivity index (χ2v) is 6.29. The number of H-pyrrole nitrogens is 1. The molecule has 0 saturated carbocycles. The molecule has 2 aliphatic rings. The fourth-order valence-electron chi connectivity index (χ4n) is 3.23. The van der Waals surface area contributed by atoms with Crippen LogP contribution in [-0.2, 0) is 17.8 Å². The maximum atomic E-state index is 12.2. The molecule has 1 amide bonds. The molecular formula is C15H25N5O. The predicted octanol–water partition coefficient (Wildman–Crippen LogP) is 0.272. The van der Waals surface area contributed by atoms with Crippen molar-refractivity contribution in [3.8, 4) is 0 Å². The molecule has 1 fully saturated rings. The highest BCUT2D eigenvalue weighted by molar-refractivity contribution is 5.82. The van der Waals surface area contributed by atoms with E-state index in [1.54, 1.807) is 6.33 Å². The minimum absolute atomic E-state index is 0.108. The summed E-state index contributed by atoms with van der Waals surface area (Å²) in [5.41, 5.74) is 2.12. The normalized spacial score (nSPS) is 23.8. The monoisotopic (exact) mass is 291 g/mol. The van der Waals surface area contributed by atoms with Crippen molar-refractivity contribution in [1.29, 1.82) is 0 Å². The summed E-state index contributed by atoms with van der Waals surface area (Å²) in [4.78, 5) is 21.9. The number of amides is 1. The molecule has 0 aliphatic carbocycles. The lowest BCUT2D eigenvalue weighted by molar-refractivity contribution is -0.123. The van der Waals surface area contributed by atoms with Crippen LogP contribution in [0.3, 0.4) is 0 Å². The summed E-state index contributed by atoms with van der Waals surface area (Å²) < 4.78 is 0. The number of likely N-dealkylation sites (tertiary alicyclic amines) is 1. The van der Waals surface area contributed by atoms with E-state index in [2.05, 4.69) is 32.5 Å². The van der Waals surface area contributed by atoms with Gasteiger partial charge in [0.05, 0.1) is 23.8 Å². The Bertz CT molecular complexity index is 478. The number of carbonyl (C=O) groups is 1. The molecule has 0 bridgehead atoms. The van der Waals surface area contributed by atoms with Crippen molar-refractivity contribution >= 4 is 5.91 Å². The zero-order valence-electron chi connectivity index (χ0n) is 12.7. The SMILES string of the molecule is CN1CCC(CCNC(=O)C2Cc3nc[nH]c3CN2)CC1. The second-order valence-electron chi connectivity index (χ2n) is 6.29. The highest BCUT2D eigenvalue weighted by Crippen LogP contribution is 2.18. The molecule has 0 radical (unpaired) electrons. The minimum Gasteiger partial charge on any atom is -0.355 e. The Labute approximate surface area is 125 Å². The first-order valence-corrected chi connectivity index (χ1v) is 7.93. The van der Waals surface area contributed by atoms with Gasteiger partial charge in [-0.25, -0.2) is 4.98 Å². The Morgan fingerprint density at radius 3 is 3.10 bits per heavy atom. The van der Waals surface area contributed by atoms with Gasteiger partial charge in [0.15, 0.2) is 0 Å². The fraction of sp³-hybridized carbons (Fsp3) is 0.733. The summed E-state index contributed by atoms with van der Waals surface area (Å²) in [5, 5.41) is 6.35. The van der Waals surface area contributed by atoms with Crippen LogP contribution in [0.2, 0.25) is 0 Å². The fourth-order valence-corrected chi connectivity index (χ4v) is 3.23. The van der Waals surface area contributed by atoms with Gasteiger partial charge in [-0.05, 0) is 45.3 Å². The first kappa shape index (κ1) is 14.5. The van der Waals surface area contributed by atoms with E-state index in [1.165, 1.54) is 25.9 Å². The van der Waals surface area contributed by atoms with Crippen LogP contribution in [0.15, 0.2) is 6.33 Å². The quantitative estimate of drug-likeness (QED) is 0.745. The van der Waals surface area contributed by atoms with Crippen LogP contribution in [0.5, 0.6) is 0 Å². The molecule has 3 rings (SSSR count). The van der Waals surface area contributed by atoms with Crippen molar-refractivity contribution in [3.63, 3.8) is 0 Å². The molecular weight excluding hydrogens is 266 g/mol. The van der Waals surface area contributed by atoms with Crippen LogP contribution >= 0.6 is 0 Å². The van der Waals surface area contributed by atoms with E-state index >= 15 is 0 Å². The number of aromatic amines is 1. The predicted molar refractivity (Wildman–Crippen MR) is 80.8 cm³/mol. The number of rotatable bonds is 4. The number of piperidine rings is 1. The number of nitrogens with one attached hydrogen (secondary N) is 3. The minimum atomic E-state index is -0.140. The topological polar surface area (TPSA) is 73.0 Å². The van der Waals surface area contributed by atoms with Gasteiger partial charge < -0.3 is 15.2 Å². The summed E-state index contributed by atoms with van der Waals surface area (Å²) >= 11 is 0. The Kier molecular flexibility index (Phi) is 4.55. The maximum Gasteiger partial charge on any atom is 0.237 e. The highest BCUT2D eigenvalue weighted by atomic mass is 16.2. The largest absolute Gasteiger partial charge is 0.355 e. The van der Waals surface area contributed by atoms with Gasteiger partial charge in [0.2, 0.25) is 5.91 Å². The van der Waals surface area contributed by atoms with Crippen molar-refractivity contribution in [2.75, 3.05) is 26.7 Å². The van der Waals surface area contributed by atoms with Crippen LogP contribution in [0.1, 0.15) is 30.7 Å². The summed E-state index contributed by atoms with van der Waals surface area (Å²) in [6, 6.07) is -0.140. The van der Waals surface area contributed by atoms with Crippen molar-refractivity contribution in [3.05, 3.63) is 17.7 Å². The van der Waals surface area contributed by atoms with Gasteiger partial charge in [0, 0.05) is 19.5 Å². The number of imidazole rings is 1. The third kappa shape index (κ3) is 3.63. The molecule has 0 aromatic carbocycles. The zero-order valence-corrected chi connectivity index (χ0v) is 12.7. The van der Waals surface area contributed by atoms with E-state index in [-0.39, 0.29) is 11.9 Å². The van der Waals surface area contributed by atoms with Crippen molar-refractivity contribution in [2.45, 2.75) is 38.3 Å². The van der Waals surface area contributed by atoms with E-state index in [0.29, 0.717) is 13.0 Å². The number of nitrogens with zero attached hydrogens (tertiary/aromatic N) is 2. The maximum absolute atomic E-state index is 12.2. The molecule has 0 spiro atoms. The van der Waals surface area contributed by atoms with Gasteiger partial charge in [-0.2, -0.15) is 0 Å². The lowest BCUT2D eigenvalue weighted by Crippen LogP contribution is -2.48. The van der Waals surface area contributed by atoms with Crippen molar-refractivity contribution in [1.82, 2.24) is 25.5 Å². The molecule has 1 atom stereocenters. The van der Waals surface area contributed by atoms with Crippen molar-refractivity contribution in [2.24, 2.45) is 5.92 Å². The van der Waals surface area contributed by atoms with E-state index in [0.717, 1.165) is 30.3 Å². The third-order valence-electron chi connectivity index (χ3n) is 4.74. The molecule has 1 unspecified atom stereocenters. The first-order chi connectivity index (χ1) is 10.2. The Balaban J connectivity index is 1.39. The van der Waals surface area contributed by atoms with Gasteiger partial charge in [-0.3, -0.25) is 10.1 Å². The molecule has 21 heavy (non-hydrogen) atoms. The van der Waals surface area contributed by atoms with Crippen LogP contribution in [0, 0.1) is 5.92 Å². The average molecular weight is 291 g/mol. The standard InChI is InChI=1S/C15H25N5O/c1-20-6-3-11(4-7-20)2-5-16-15(21)13-8-12-14(9-17-13)19-10-18-12/h10-11,13,17H,2-9H2,1H3,(H,16,21)(H,18,19). The lowest BCUT2D eigenvalue weighted by atomic mass is 9.94.